The molecule has 2 aromatic rings. The first-order chi connectivity index (χ1) is 7.91. The number of rotatable bonds is 2. The van der Waals surface area contributed by atoms with E-state index in [2.05, 4.69) is 43.8 Å². The topological polar surface area (TPSA) is 30.2 Å². The Bertz CT molecular complexity index is 537. The molecule has 0 bridgehead atoms. The van der Waals surface area contributed by atoms with Crippen molar-refractivity contribution in [1.29, 1.82) is 0 Å². The fraction of sp³-hybridized carbons (Fsp3) is 0.538. The van der Waals surface area contributed by atoms with Crippen molar-refractivity contribution in [2.45, 2.75) is 46.0 Å². The molecule has 2 aromatic heterocycles. The van der Waals surface area contributed by atoms with E-state index in [0.29, 0.717) is 5.15 Å². The molecule has 3 nitrogen and oxygen atoms in total. The minimum atomic E-state index is 0.0717. The summed E-state index contributed by atoms with van der Waals surface area (Å²) in [4.78, 5) is 4.50. The lowest BCUT2D eigenvalue weighted by Crippen LogP contribution is -2.11. The zero-order valence-electron chi connectivity index (χ0n) is 10.8. The third kappa shape index (κ3) is 2.44. The Hall–Kier alpha value is -1.09. The molecule has 0 unspecified atom stereocenters. The zero-order chi connectivity index (χ0) is 12.6. The molecule has 0 saturated carbocycles. The van der Waals surface area contributed by atoms with Crippen molar-refractivity contribution >= 4 is 17.2 Å². The maximum Gasteiger partial charge on any atom is 0.157 e. The second-order valence-corrected chi connectivity index (χ2v) is 5.75. The van der Waals surface area contributed by atoms with Crippen molar-refractivity contribution in [2.75, 3.05) is 0 Å². The average molecular weight is 252 g/mol. The number of halogens is 1. The third-order valence-electron chi connectivity index (χ3n) is 2.78. The molecule has 0 aromatic carbocycles. The van der Waals surface area contributed by atoms with Gasteiger partial charge in [0.2, 0.25) is 0 Å². The van der Waals surface area contributed by atoms with Gasteiger partial charge in [-0.15, -0.1) is 5.10 Å². The van der Waals surface area contributed by atoms with E-state index in [1.165, 1.54) is 5.56 Å². The summed E-state index contributed by atoms with van der Waals surface area (Å²) in [5.74, 6) is 0.862. The highest BCUT2D eigenvalue weighted by Gasteiger charge is 2.17. The van der Waals surface area contributed by atoms with Gasteiger partial charge in [-0.1, -0.05) is 39.3 Å². The largest absolute Gasteiger partial charge is 0.212 e. The summed E-state index contributed by atoms with van der Waals surface area (Å²) in [5, 5.41) is 5.03. The van der Waals surface area contributed by atoms with Crippen molar-refractivity contribution in [1.82, 2.24) is 14.6 Å². The van der Waals surface area contributed by atoms with Gasteiger partial charge in [0.25, 0.3) is 0 Å². The third-order valence-corrected chi connectivity index (χ3v) is 3.05. The van der Waals surface area contributed by atoms with E-state index in [0.717, 1.165) is 24.3 Å². The molecule has 4 heteroatoms. The van der Waals surface area contributed by atoms with E-state index in [1.807, 2.05) is 6.07 Å². The van der Waals surface area contributed by atoms with E-state index in [9.17, 15) is 0 Å². The van der Waals surface area contributed by atoms with Crippen LogP contribution in [0.5, 0.6) is 0 Å². The molecule has 0 aliphatic rings. The van der Waals surface area contributed by atoms with Gasteiger partial charge < -0.3 is 0 Å². The van der Waals surface area contributed by atoms with Crippen LogP contribution < -0.4 is 0 Å². The molecule has 0 atom stereocenters. The van der Waals surface area contributed by atoms with E-state index in [4.69, 9.17) is 11.6 Å². The Balaban J connectivity index is 2.57. The second kappa shape index (κ2) is 4.30. The summed E-state index contributed by atoms with van der Waals surface area (Å²) in [5.41, 5.74) is 2.10. The summed E-state index contributed by atoms with van der Waals surface area (Å²) >= 11 is 6.24. The zero-order valence-corrected chi connectivity index (χ0v) is 11.5. The lowest BCUT2D eigenvalue weighted by atomic mass is 9.88. The number of nitrogens with zero attached hydrogens (tertiary/aromatic N) is 3. The summed E-state index contributed by atoms with van der Waals surface area (Å²) < 4.78 is 1.71. The Labute approximate surface area is 107 Å². The lowest BCUT2D eigenvalue weighted by Gasteiger charge is -2.19. The standard InChI is InChI=1S/C13H18ClN3/c1-5-6-11-15-12-8-9(13(2,3)4)7-10(14)17(12)16-11/h7-8H,5-6H2,1-4H3. The number of hydrogen-bond acceptors (Lipinski definition) is 2. The minimum absolute atomic E-state index is 0.0717. The number of hydrogen-bond donors (Lipinski definition) is 0. The van der Waals surface area contributed by atoms with Crippen molar-refractivity contribution in [3.63, 3.8) is 0 Å². The molecule has 0 radical (unpaired) electrons. The van der Waals surface area contributed by atoms with Gasteiger partial charge in [-0.05, 0) is 29.5 Å². The van der Waals surface area contributed by atoms with Gasteiger partial charge in [0.15, 0.2) is 11.5 Å². The monoisotopic (exact) mass is 251 g/mol. The maximum absolute atomic E-state index is 6.24. The van der Waals surface area contributed by atoms with Crippen LogP contribution in [0.25, 0.3) is 5.65 Å². The molecular formula is C13H18ClN3. The molecule has 0 aliphatic carbocycles. The van der Waals surface area contributed by atoms with Gasteiger partial charge in [-0.3, -0.25) is 0 Å². The van der Waals surface area contributed by atoms with E-state index in [-0.39, 0.29) is 5.41 Å². The van der Waals surface area contributed by atoms with Crippen LogP contribution in [0.15, 0.2) is 12.1 Å². The molecule has 2 heterocycles. The smallest absolute Gasteiger partial charge is 0.157 e. The molecule has 0 aliphatic heterocycles. The molecule has 0 saturated heterocycles. The van der Waals surface area contributed by atoms with Gasteiger partial charge in [-0.2, -0.15) is 0 Å². The first-order valence-electron chi connectivity index (χ1n) is 5.97. The van der Waals surface area contributed by atoms with Crippen molar-refractivity contribution in [3.05, 3.63) is 28.7 Å². The van der Waals surface area contributed by atoms with Crippen LogP contribution in [0.1, 0.15) is 45.5 Å². The molecule has 0 spiro atoms. The normalized spacial score (nSPS) is 12.3. The number of aryl methyl sites for hydroxylation is 1. The molecule has 0 amide bonds. The van der Waals surface area contributed by atoms with E-state index in [1.54, 1.807) is 4.52 Å². The lowest BCUT2D eigenvalue weighted by molar-refractivity contribution is 0.589. The van der Waals surface area contributed by atoms with Crippen LogP contribution in [0.3, 0.4) is 0 Å². The summed E-state index contributed by atoms with van der Waals surface area (Å²) in [6, 6.07) is 4.04. The first kappa shape index (κ1) is 12.4. The highest BCUT2D eigenvalue weighted by Crippen LogP contribution is 2.26. The van der Waals surface area contributed by atoms with Gasteiger partial charge in [-0.25, -0.2) is 9.50 Å². The Kier molecular flexibility index (Phi) is 3.13. The summed E-state index contributed by atoms with van der Waals surface area (Å²) in [6.45, 7) is 8.61. The Morgan fingerprint density at radius 1 is 1.29 bits per heavy atom. The summed E-state index contributed by atoms with van der Waals surface area (Å²) in [7, 11) is 0. The molecule has 0 fully saturated rings. The first-order valence-corrected chi connectivity index (χ1v) is 6.35. The average Bonchev–Trinajstić information content (AvgIpc) is 2.60. The minimum Gasteiger partial charge on any atom is -0.212 e. The highest BCUT2D eigenvalue weighted by atomic mass is 35.5. The maximum atomic E-state index is 6.24. The molecular weight excluding hydrogens is 234 g/mol. The fourth-order valence-corrected chi connectivity index (χ4v) is 1.99. The highest BCUT2D eigenvalue weighted by molar-refractivity contribution is 6.29. The van der Waals surface area contributed by atoms with Crippen LogP contribution in [0.4, 0.5) is 0 Å². The quantitative estimate of drug-likeness (QED) is 0.763. The fourth-order valence-electron chi connectivity index (χ4n) is 1.75. The van der Waals surface area contributed by atoms with Crippen molar-refractivity contribution in [3.8, 4) is 0 Å². The van der Waals surface area contributed by atoms with Crippen LogP contribution in [-0.2, 0) is 11.8 Å². The molecule has 2 rings (SSSR count). The van der Waals surface area contributed by atoms with Gasteiger partial charge in [0, 0.05) is 6.42 Å². The van der Waals surface area contributed by atoms with Crippen molar-refractivity contribution < 1.29 is 0 Å². The number of aromatic nitrogens is 3. The van der Waals surface area contributed by atoms with Gasteiger partial charge in [0.05, 0.1) is 0 Å². The Morgan fingerprint density at radius 2 is 2.00 bits per heavy atom. The van der Waals surface area contributed by atoms with Gasteiger partial charge in [0.1, 0.15) is 5.15 Å². The SMILES string of the molecule is CCCc1nc2cc(C(C)(C)C)cc(Cl)n2n1. The van der Waals surface area contributed by atoms with Crippen LogP contribution >= 0.6 is 11.6 Å². The predicted molar refractivity (Wildman–Crippen MR) is 70.7 cm³/mol. The van der Waals surface area contributed by atoms with Crippen LogP contribution in [-0.4, -0.2) is 14.6 Å². The van der Waals surface area contributed by atoms with Crippen molar-refractivity contribution in [2.24, 2.45) is 0 Å². The van der Waals surface area contributed by atoms with Crippen LogP contribution in [0, 0.1) is 0 Å². The predicted octanol–water partition coefficient (Wildman–Crippen LogP) is 3.63. The second-order valence-electron chi connectivity index (χ2n) is 5.36. The molecule has 17 heavy (non-hydrogen) atoms. The molecule has 92 valence electrons. The van der Waals surface area contributed by atoms with Crippen LogP contribution in [0.2, 0.25) is 5.15 Å². The number of fused-ring (bicyclic) bond motifs is 1. The van der Waals surface area contributed by atoms with E-state index < -0.39 is 0 Å². The Morgan fingerprint density at radius 3 is 2.59 bits per heavy atom. The van der Waals surface area contributed by atoms with E-state index >= 15 is 0 Å². The molecule has 0 N–H and O–H groups in total. The number of pyridine rings is 1. The summed E-state index contributed by atoms with van der Waals surface area (Å²) in [6.07, 6.45) is 1.93. The van der Waals surface area contributed by atoms with Gasteiger partial charge >= 0.3 is 0 Å².